The quantitative estimate of drug-likeness (QED) is 0.297. The van der Waals surface area contributed by atoms with Gasteiger partial charge in [0.15, 0.2) is 5.58 Å². The summed E-state index contributed by atoms with van der Waals surface area (Å²) in [6, 6.07) is 14.5. The lowest BCUT2D eigenvalue weighted by Crippen LogP contribution is -2.14. The Morgan fingerprint density at radius 1 is 1.13 bits per heavy atom. The lowest BCUT2D eigenvalue weighted by Gasteiger charge is -2.11. The number of rotatable bonds is 4. The van der Waals surface area contributed by atoms with E-state index in [0.717, 1.165) is 0 Å². The zero-order valence-electron chi connectivity index (χ0n) is 15.5. The molecule has 0 spiro atoms. The van der Waals surface area contributed by atoms with E-state index in [9.17, 15) is 14.9 Å². The van der Waals surface area contributed by atoms with Gasteiger partial charge in [0.25, 0.3) is 11.6 Å². The first-order valence-corrected chi connectivity index (χ1v) is 9.51. The average Bonchev–Trinajstić information content (AvgIpc) is 3.12. The predicted molar refractivity (Wildman–Crippen MR) is 115 cm³/mol. The Morgan fingerprint density at radius 3 is 2.67 bits per heavy atom. The number of hydrogen-bond acceptors (Lipinski definition) is 5. The van der Waals surface area contributed by atoms with Gasteiger partial charge in [0.05, 0.1) is 10.5 Å². The minimum absolute atomic E-state index is 0.00664. The molecule has 3 aromatic carbocycles. The Balaban J connectivity index is 1.69. The number of amides is 1. The van der Waals surface area contributed by atoms with Gasteiger partial charge < -0.3 is 9.73 Å². The van der Waals surface area contributed by atoms with Gasteiger partial charge in [0.2, 0.25) is 5.89 Å². The number of carbonyl (C=O) groups is 1. The minimum atomic E-state index is -0.634. The number of hydrogen-bond donors (Lipinski definition) is 1. The van der Waals surface area contributed by atoms with Crippen molar-refractivity contribution in [1.82, 2.24) is 4.98 Å². The highest BCUT2D eigenvalue weighted by molar-refractivity contribution is 6.36. The summed E-state index contributed by atoms with van der Waals surface area (Å²) in [7, 11) is 0. The van der Waals surface area contributed by atoms with E-state index in [0.29, 0.717) is 38.8 Å². The van der Waals surface area contributed by atoms with Crippen molar-refractivity contribution in [1.29, 1.82) is 0 Å². The molecule has 0 saturated carbocycles. The van der Waals surface area contributed by atoms with Gasteiger partial charge in [-0.3, -0.25) is 14.9 Å². The van der Waals surface area contributed by atoms with E-state index in [-0.39, 0.29) is 16.3 Å². The van der Waals surface area contributed by atoms with E-state index in [4.69, 9.17) is 27.6 Å². The highest BCUT2D eigenvalue weighted by Gasteiger charge is 2.21. The predicted octanol–water partition coefficient (Wildman–Crippen LogP) is 6.27. The number of carbonyl (C=O) groups excluding carboxylic acids is 1. The third-order valence-corrected chi connectivity index (χ3v) is 5.21. The van der Waals surface area contributed by atoms with Gasteiger partial charge in [-0.15, -0.1) is 0 Å². The fraction of sp³-hybridized carbons (Fsp3) is 0.0476. The molecule has 1 amide bonds. The molecule has 1 heterocycles. The van der Waals surface area contributed by atoms with E-state index in [2.05, 4.69) is 10.3 Å². The number of benzene rings is 3. The Morgan fingerprint density at radius 2 is 1.90 bits per heavy atom. The number of fused-ring (bicyclic) bond motifs is 1. The number of nitro benzene ring substituents is 1. The number of halogens is 2. The van der Waals surface area contributed by atoms with Gasteiger partial charge in [-0.2, -0.15) is 0 Å². The molecule has 0 radical (unpaired) electrons. The number of aromatic nitrogens is 1. The first-order chi connectivity index (χ1) is 14.3. The van der Waals surface area contributed by atoms with E-state index in [1.54, 1.807) is 30.3 Å². The van der Waals surface area contributed by atoms with Gasteiger partial charge in [-0.05, 0) is 48.9 Å². The van der Waals surface area contributed by atoms with Crippen LogP contribution in [0.2, 0.25) is 10.0 Å². The van der Waals surface area contributed by atoms with Crippen molar-refractivity contribution in [3.63, 3.8) is 0 Å². The fourth-order valence-corrected chi connectivity index (χ4v) is 3.49. The fourth-order valence-electron chi connectivity index (χ4n) is 3.04. The summed E-state index contributed by atoms with van der Waals surface area (Å²) in [4.78, 5) is 27.6. The first-order valence-electron chi connectivity index (χ1n) is 8.75. The molecule has 0 bridgehead atoms. The van der Waals surface area contributed by atoms with Gasteiger partial charge in [-0.1, -0.05) is 35.3 Å². The molecule has 4 aromatic rings. The zero-order chi connectivity index (χ0) is 21.4. The molecule has 1 N–H and O–H groups in total. The third kappa shape index (κ3) is 3.60. The van der Waals surface area contributed by atoms with Crippen LogP contribution in [0.3, 0.4) is 0 Å². The van der Waals surface area contributed by atoms with Crippen LogP contribution in [0.15, 0.2) is 59.0 Å². The molecule has 1 aromatic heterocycles. The summed E-state index contributed by atoms with van der Waals surface area (Å²) in [6.07, 6.45) is 0. The number of anilines is 1. The van der Waals surface area contributed by atoms with Crippen molar-refractivity contribution in [2.75, 3.05) is 5.32 Å². The summed E-state index contributed by atoms with van der Waals surface area (Å²) in [5, 5.41) is 14.2. The molecule has 150 valence electrons. The second-order valence-electron chi connectivity index (χ2n) is 6.46. The van der Waals surface area contributed by atoms with Crippen LogP contribution in [0.1, 0.15) is 15.9 Å². The van der Waals surface area contributed by atoms with Crippen LogP contribution in [0.5, 0.6) is 0 Å². The first kappa shape index (κ1) is 19.9. The van der Waals surface area contributed by atoms with E-state index < -0.39 is 10.8 Å². The van der Waals surface area contributed by atoms with Crippen molar-refractivity contribution >= 4 is 51.6 Å². The molecule has 0 unspecified atom stereocenters. The van der Waals surface area contributed by atoms with Gasteiger partial charge in [-0.25, -0.2) is 4.98 Å². The summed E-state index contributed by atoms with van der Waals surface area (Å²) in [5.41, 5.74) is 2.78. The molecular formula is C21H13Cl2N3O4. The second kappa shape index (κ2) is 7.78. The maximum atomic E-state index is 12.7. The monoisotopic (exact) mass is 441 g/mol. The van der Waals surface area contributed by atoms with E-state index in [1.165, 1.54) is 18.2 Å². The Hall–Kier alpha value is -3.42. The van der Waals surface area contributed by atoms with Gasteiger partial charge >= 0.3 is 0 Å². The lowest BCUT2D eigenvalue weighted by molar-refractivity contribution is -0.384. The van der Waals surface area contributed by atoms with Crippen molar-refractivity contribution in [3.05, 3.63) is 85.9 Å². The van der Waals surface area contributed by atoms with Crippen LogP contribution in [-0.4, -0.2) is 15.8 Å². The van der Waals surface area contributed by atoms with E-state index >= 15 is 0 Å². The van der Waals surface area contributed by atoms with Crippen LogP contribution in [0, 0.1) is 17.0 Å². The maximum Gasteiger partial charge on any atom is 0.288 e. The SMILES string of the molecule is Cc1c(NC(=O)c2cccc([N+](=O)[O-])c2Cl)cccc1-c1nc2cc(Cl)ccc2o1. The number of nitrogens with zero attached hydrogens (tertiary/aromatic N) is 2. The normalized spacial score (nSPS) is 10.9. The van der Waals surface area contributed by atoms with Crippen molar-refractivity contribution in [2.45, 2.75) is 6.92 Å². The Kier molecular flexibility index (Phi) is 5.15. The van der Waals surface area contributed by atoms with Crippen LogP contribution in [0.25, 0.3) is 22.6 Å². The van der Waals surface area contributed by atoms with Crippen molar-refractivity contribution in [3.8, 4) is 11.5 Å². The Bertz CT molecular complexity index is 1320. The average molecular weight is 442 g/mol. The van der Waals surface area contributed by atoms with Crippen molar-refractivity contribution < 1.29 is 14.1 Å². The molecule has 7 nitrogen and oxygen atoms in total. The van der Waals surface area contributed by atoms with Crippen LogP contribution in [-0.2, 0) is 0 Å². The smallest absolute Gasteiger partial charge is 0.288 e. The molecule has 9 heteroatoms. The summed E-state index contributed by atoms with van der Waals surface area (Å²) in [5.74, 6) is -0.178. The van der Waals surface area contributed by atoms with Crippen LogP contribution in [0.4, 0.5) is 11.4 Å². The standard InChI is InChI=1S/C21H13Cl2N3O4/c1-11-13(21-25-16-10-12(22)8-9-18(16)30-21)4-2-6-15(11)24-20(27)14-5-3-7-17(19(14)23)26(28)29/h2-10H,1H3,(H,24,27). The molecule has 0 fully saturated rings. The zero-order valence-corrected chi connectivity index (χ0v) is 17.0. The van der Waals surface area contributed by atoms with Crippen LogP contribution < -0.4 is 5.32 Å². The third-order valence-electron chi connectivity index (χ3n) is 4.58. The van der Waals surface area contributed by atoms with Crippen molar-refractivity contribution in [2.24, 2.45) is 0 Å². The maximum absolute atomic E-state index is 12.7. The van der Waals surface area contributed by atoms with Crippen LogP contribution >= 0.6 is 23.2 Å². The Labute approximate surface area is 180 Å². The highest BCUT2D eigenvalue weighted by atomic mass is 35.5. The highest BCUT2D eigenvalue weighted by Crippen LogP contribution is 2.33. The molecular weight excluding hydrogens is 429 g/mol. The topological polar surface area (TPSA) is 98.3 Å². The molecule has 30 heavy (non-hydrogen) atoms. The summed E-state index contributed by atoms with van der Waals surface area (Å²) >= 11 is 12.1. The molecule has 0 saturated heterocycles. The summed E-state index contributed by atoms with van der Waals surface area (Å²) < 4.78 is 5.82. The molecule has 0 atom stereocenters. The number of nitrogens with one attached hydrogen (secondary N) is 1. The van der Waals surface area contributed by atoms with Gasteiger partial charge in [0, 0.05) is 22.3 Å². The van der Waals surface area contributed by atoms with E-state index in [1.807, 2.05) is 13.0 Å². The number of oxazole rings is 1. The molecule has 0 aliphatic heterocycles. The minimum Gasteiger partial charge on any atom is -0.436 e. The largest absolute Gasteiger partial charge is 0.436 e. The molecule has 0 aliphatic rings. The molecule has 4 rings (SSSR count). The summed E-state index contributed by atoms with van der Waals surface area (Å²) in [6.45, 7) is 1.81. The number of nitro groups is 1. The second-order valence-corrected chi connectivity index (χ2v) is 7.27. The lowest BCUT2D eigenvalue weighted by atomic mass is 10.1. The van der Waals surface area contributed by atoms with Gasteiger partial charge in [0.1, 0.15) is 10.5 Å². The molecule has 0 aliphatic carbocycles.